The lowest BCUT2D eigenvalue weighted by atomic mass is 9.84. The van der Waals surface area contributed by atoms with Gasteiger partial charge in [-0.15, -0.1) is 0 Å². The van der Waals surface area contributed by atoms with Crippen LogP contribution in [0.15, 0.2) is 12.3 Å². The highest BCUT2D eigenvalue weighted by molar-refractivity contribution is 5.96. The number of H-pyrrole nitrogens is 1. The minimum Gasteiger partial charge on any atom is -0.381 e. The summed E-state index contributed by atoms with van der Waals surface area (Å²) in [5, 5.41) is 12.0. The standard InChI is InChI=1S/C19H25N5O/c1-2-14-16(15-10-19(25-24-15)8-4-3-5-9-19)17(21-12-6-7-12)13-11-20-23-18(13)22-14/h10-12,24H,2-9H2,1H3,(H2,20,21,22,23). The number of hydrogen-bond acceptors (Lipinski definition) is 5. The second kappa shape index (κ2) is 5.73. The summed E-state index contributed by atoms with van der Waals surface area (Å²) in [6.45, 7) is 2.15. The summed E-state index contributed by atoms with van der Waals surface area (Å²) in [6, 6.07) is 0.565. The summed E-state index contributed by atoms with van der Waals surface area (Å²) in [5.74, 6) is 0. The second-order valence-electron chi connectivity index (χ2n) is 7.60. The van der Waals surface area contributed by atoms with Crippen molar-refractivity contribution in [3.63, 3.8) is 0 Å². The molecule has 6 nitrogen and oxygen atoms in total. The van der Waals surface area contributed by atoms with Gasteiger partial charge >= 0.3 is 0 Å². The summed E-state index contributed by atoms with van der Waals surface area (Å²) >= 11 is 0. The molecule has 5 rings (SSSR count). The molecule has 2 aliphatic carbocycles. The van der Waals surface area contributed by atoms with Gasteiger partial charge in [0.1, 0.15) is 5.60 Å². The van der Waals surface area contributed by atoms with Crippen molar-refractivity contribution in [2.75, 3.05) is 5.32 Å². The van der Waals surface area contributed by atoms with Gasteiger partial charge in [-0.1, -0.05) is 26.2 Å². The first-order valence-electron chi connectivity index (χ1n) is 9.58. The lowest BCUT2D eigenvalue weighted by Crippen LogP contribution is -2.31. The van der Waals surface area contributed by atoms with Crippen LogP contribution in [0.25, 0.3) is 16.7 Å². The number of anilines is 1. The third-order valence-corrected chi connectivity index (χ3v) is 5.68. The molecule has 3 aliphatic rings. The van der Waals surface area contributed by atoms with Crippen LogP contribution in [-0.4, -0.2) is 26.8 Å². The van der Waals surface area contributed by atoms with E-state index in [0.29, 0.717) is 6.04 Å². The average molecular weight is 339 g/mol. The molecule has 1 spiro atoms. The maximum atomic E-state index is 6.10. The first-order chi connectivity index (χ1) is 12.3. The monoisotopic (exact) mass is 339 g/mol. The molecular weight excluding hydrogens is 314 g/mol. The molecule has 0 atom stereocenters. The fraction of sp³-hybridized carbons (Fsp3) is 0.579. The van der Waals surface area contributed by atoms with Crippen molar-refractivity contribution in [1.29, 1.82) is 0 Å². The average Bonchev–Trinajstić information content (AvgIpc) is 3.17. The maximum absolute atomic E-state index is 6.10. The Kier molecular flexibility index (Phi) is 3.48. The Morgan fingerprint density at radius 1 is 1.28 bits per heavy atom. The number of hydroxylamine groups is 1. The largest absolute Gasteiger partial charge is 0.381 e. The summed E-state index contributed by atoms with van der Waals surface area (Å²) < 4.78 is 0. The molecule has 1 aliphatic heterocycles. The van der Waals surface area contributed by atoms with Gasteiger partial charge in [0.15, 0.2) is 5.65 Å². The van der Waals surface area contributed by atoms with Gasteiger partial charge in [0, 0.05) is 11.6 Å². The van der Waals surface area contributed by atoms with Crippen LogP contribution in [0.3, 0.4) is 0 Å². The van der Waals surface area contributed by atoms with Crippen LogP contribution in [0.5, 0.6) is 0 Å². The van der Waals surface area contributed by atoms with Crippen LogP contribution < -0.4 is 10.8 Å². The zero-order chi connectivity index (χ0) is 16.9. The van der Waals surface area contributed by atoms with Crippen molar-refractivity contribution in [3.05, 3.63) is 23.5 Å². The van der Waals surface area contributed by atoms with Crippen LogP contribution in [0.1, 0.15) is 63.1 Å². The highest BCUT2D eigenvalue weighted by atomic mass is 16.7. The Balaban J connectivity index is 1.65. The number of aromatic nitrogens is 3. The minimum atomic E-state index is -0.138. The predicted octanol–water partition coefficient (Wildman–Crippen LogP) is 3.67. The van der Waals surface area contributed by atoms with Gasteiger partial charge in [-0.05, 0) is 38.2 Å². The van der Waals surface area contributed by atoms with Gasteiger partial charge < -0.3 is 5.32 Å². The van der Waals surface area contributed by atoms with E-state index >= 15 is 0 Å². The fourth-order valence-corrected chi connectivity index (χ4v) is 4.14. The molecule has 0 saturated heterocycles. The normalized spacial score (nSPS) is 22.2. The van der Waals surface area contributed by atoms with Gasteiger partial charge in [0.25, 0.3) is 0 Å². The molecule has 2 saturated carbocycles. The summed E-state index contributed by atoms with van der Waals surface area (Å²) in [6.07, 6.45) is 13.5. The van der Waals surface area contributed by atoms with E-state index in [1.54, 1.807) is 0 Å². The summed E-state index contributed by atoms with van der Waals surface area (Å²) in [4.78, 5) is 10.9. The van der Waals surface area contributed by atoms with E-state index in [0.717, 1.165) is 52.9 Å². The number of rotatable bonds is 4. The van der Waals surface area contributed by atoms with Crippen molar-refractivity contribution < 1.29 is 4.84 Å². The van der Waals surface area contributed by atoms with Crippen LogP contribution >= 0.6 is 0 Å². The number of nitrogens with zero attached hydrogens (tertiary/aromatic N) is 2. The number of aryl methyl sites for hydroxylation is 1. The Hall–Kier alpha value is -2.08. The Morgan fingerprint density at radius 3 is 2.88 bits per heavy atom. The fourth-order valence-electron chi connectivity index (χ4n) is 4.14. The van der Waals surface area contributed by atoms with E-state index in [4.69, 9.17) is 9.82 Å². The number of nitrogens with one attached hydrogen (secondary N) is 3. The number of pyridine rings is 1. The van der Waals surface area contributed by atoms with Crippen molar-refractivity contribution in [2.45, 2.75) is 69.9 Å². The number of aromatic amines is 1. The van der Waals surface area contributed by atoms with Crippen LogP contribution in [-0.2, 0) is 11.3 Å². The van der Waals surface area contributed by atoms with Crippen molar-refractivity contribution in [2.24, 2.45) is 0 Å². The molecule has 0 radical (unpaired) electrons. The SMILES string of the molecule is CCc1nc2[nH]ncc2c(NC2CC2)c1C1=CC2(CCCCC2)ON1. The Morgan fingerprint density at radius 2 is 2.12 bits per heavy atom. The molecule has 0 bridgehead atoms. The van der Waals surface area contributed by atoms with Gasteiger partial charge in [-0.2, -0.15) is 5.10 Å². The smallest absolute Gasteiger partial charge is 0.157 e. The van der Waals surface area contributed by atoms with E-state index in [-0.39, 0.29) is 5.60 Å². The zero-order valence-corrected chi connectivity index (χ0v) is 14.7. The minimum absolute atomic E-state index is 0.138. The molecule has 0 unspecified atom stereocenters. The molecular formula is C19H25N5O. The second-order valence-corrected chi connectivity index (χ2v) is 7.60. The zero-order valence-electron chi connectivity index (χ0n) is 14.7. The molecule has 2 fully saturated rings. The van der Waals surface area contributed by atoms with Crippen molar-refractivity contribution in [1.82, 2.24) is 20.7 Å². The molecule has 132 valence electrons. The highest BCUT2D eigenvalue weighted by Crippen LogP contribution is 2.42. The lowest BCUT2D eigenvalue weighted by Gasteiger charge is -2.29. The predicted molar refractivity (Wildman–Crippen MR) is 97.9 cm³/mol. The maximum Gasteiger partial charge on any atom is 0.157 e. The van der Waals surface area contributed by atoms with Gasteiger partial charge in [-0.25, -0.2) is 4.98 Å². The van der Waals surface area contributed by atoms with Crippen molar-refractivity contribution in [3.8, 4) is 0 Å². The first kappa shape index (κ1) is 15.2. The molecule has 0 amide bonds. The molecule has 3 heterocycles. The van der Waals surface area contributed by atoms with E-state index in [9.17, 15) is 0 Å². The molecule has 6 heteroatoms. The van der Waals surface area contributed by atoms with E-state index in [1.165, 1.54) is 32.1 Å². The third-order valence-electron chi connectivity index (χ3n) is 5.68. The van der Waals surface area contributed by atoms with Gasteiger partial charge in [-0.3, -0.25) is 15.4 Å². The van der Waals surface area contributed by atoms with E-state index in [2.05, 4.69) is 34.0 Å². The molecule has 2 aromatic heterocycles. The van der Waals surface area contributed by atoms with Crippen LogP contribution in [0.2, 0.25) is 0 Å². The summed E-state index contributed by atoms with van der Waals surface area (Å²) in [5.41, 5.74) is 8.42. The lowest BCUT2D eigenvalue weighted by molar-refractivity contribution is -0.0557. The molecule has 3 N–H and O–H groups in total. The highest BCUT2D eigenvalue weighted by Gasteiger charge is 2.38. The summed E-state index contributed by atoms with van der Waals surface area (Å²) in [7, 11) is 0. The van der Waals surface area contributed by atoms with Crippen molar-refractivity contribution >= 4 is 22.4 Å². The molecule has 25 heavy (non-hydrogen) atoms. The van der Waals surface area contributed by atoms with Gasteiger partial charge in [0.05, 0.1) is 28.7 Å². The van der Waals surface area contributed by atoms with Crippen LogP contribution in [0.4, 0.5) is 5.69 Å². The Bertz CT molecular complexity index is 830. The Labute approximate surface area is 147 Å². The van der Waals surface area contributed by atoms with E-state index < -0.39 is 0 Å². The van der Waals surface area contributed by atoms with Gasteiger partial charge in [0.2, 0.25) is 0 Å². The third kappa shape index (κ3) is 2.59. The van der Waals surface area contributed by atoms with E-state index in [1.807, 2.05) is 6.20 Å². The number of fused-ring (bicyclic) bond motifs is 1. The number of hydrogen-bond donors (Lipinski definition) is 3. The van der Waals surface area contributed by atoms with Crippen LogP contribution in [0, 0.1) is 0 Å². The quantitative estimate of drug-likeness (QED) is 0.792. The molecule has 2 aromatic rings. The topological polar surface area (TPSA) is 74.9 Å². The first-order valence-corrected chi connectivity index (χ1v) is 9.58. The molecule has 0 aromatic carbocycles.